The largest absolute Gasteiger partial charge is 0.357 e. The Labute approximate surface area is 145 Å². The number of benzene rings is 1. The fourth-order valence-corrected chi connectivity index (χ4v) is 2.51. The summed E-state index contributed by atoms with van der Waals surface area (Å²) < 4.78 is 0. The van der Waals surface area contributed by atoms with E-state index in [1.54, 1.807) is 0 Å². The second kappa shape index (κ2) is 9.71. The molecule has 0 saturated carbocycles. The zero-order valence-corrected chi connectivity index (χ0v) is 14.9. The average molecular weight is 324 g/mol. The third-order valence-corrected chi connectivity index (χ3v) is 3.88. The van der Waals surface area contributed by atoms with Gasteiger partial charge in [0.15, 0.2) is 5.96 Å². The van der Waals surface area contributed by atoms with Gasteiger partial charge >= 0.3 is 0 Å². The minimum Gasteiger partial charge on any atom is -0.357 e. The van der Waals surface area contributed by atoms with Crippen molar-refractivity contribution in [2.24, 2.45) is 4.99 Å². The number of pyridine rings is 1. The smallest absolute Gasteiger partial charge is 0.191 e. The quantitative estimate of drug-likeness (QED) is 0.607. The van der Waals surface area contributed by atoms with E-state index in [1.807, 2.05) is 24.4 Å². The molecule has 2 rings (SSSR count). The van der Waals surface area contributed by atoms with E-state index in [2.05, 4.69) is 60.7 Å². The molecule has 1 heterocycles. The Balaban J connectivity index is 1.87. The normalized spacial score (nSPS) is 12.7. The first-order valence-corrected chi connectivity index (χ1v) is 8.67. The molecule has 4 heteroatoms. The van der Waals surface area contributed by atoms with Crippen molar-refractivity contribution < 1.29 is 0 Å². The molecule has 1 aromatic heterocycles. The predicted molar refractivity (Wildman–Crippen MR) is 102 cm³/mol. The molecule has 24 heavy (non-hydrogen) atoms. The molecule has 0 bridgehead atoms. The minimum atomic E-state index is 0.399. The van der Waals surface area contributed by atoms with Gasteiger partial charge in [0.25, 0.3) is 0 Å². The van der Waals surface area contributed by atoms with Crippen LogP contribution in [0.5, 0.6) is 0 Å². The minimum absolute atomic E-state index is 0.399. The van der Waals surface area contributed by atoms with Crippen molar-refractivity contribution in [3.05, 3.63) is 65.5 Å². The number of aromatic nitrogens is 1. The number of guanidine groups is 1. The van der Waals surface area contributed by atoms with Crippen LogP contribution in [0.4, 0.5) is 0 Å². The van der Waals surface area contributed by atoms with E-state index in [-0.39, 0.29) is 0 Å². The van der Waals surface area contributed by atoms with E-state index in [4.69, 9.17) is 4.99 Å². The second-order valence-electron chi connectivity index (χ2n) is 6.03. The number of nitrogens with one attached hydrogen (secondary N) is 2. The highest BCUT2D eigenvalue weighted by Crippen LogP contribution is 2.16. The summed E-state index contributed by atoms with van der Waals surface area (Å²) in [6.45, 7) is 8.87. The number of rotatable bonds is 7. The van der Waals surface area contributed by atoms with E-state index in [0.717, 1.165) is 37.7 Å². The highest BCUT2D eigenvalue weighted by Gasteiger charge is 2.06. The van der Waals surface area contributed by atoms with Crippen LogP contribution in [-0.4, -0.2) is 30.6 Å². The summed E-state index contributed by atoms with van der Waals surface area (Å²) in [6, 6.07) is 14.7. The Morgan fingerprint density at radius 3 is 2.75 bits per heavy atom. The summed E-state index contributed by atoms with van der Waals surface area (Å²) in [5, 5.41) is 6.69. The van der Waals surface area contributed by atoms with Gasteiger partial charge in [0.05, 0.1) is 0 Å². The van der Waals surface area contributed by atoms with Gasteiger partial charge in [-0.3, -0.25) is 9.98 Å². The lowest BCUT2D eigenvalue weighted by molar-refractivity contribution is 0.742. The lowest BCUT2D eigenvalue weighted by atomic mass is 10.00. The standard InChI is InChI=1S/C20H28N4/c1-4-21-20(23-13-11-19-10-5-6-12-22-19)24-15-17(3)18-9-7-8-16(2)14-18/h5-10,12,14,17H,4,11,13,15H2,1-3H3,(H2,21,23,24). The lowest BCUT2D eigenvalue weighted by Crippen LogP contribution is -2.38. The Bertz CT molecular complexity index is 637. The van der Waals surface area contributed by atoms with Crippen LogP contribution in [0.15, 0.2) is 53.7 Å². The summed E-state index contributed by atoms with van der Waals surface area (Å²) in [4.78, 5) is 9.07. The second-order valence-corrected chi connectivity index (χ2v) is 6.03. The van der Waals surface area contributed by atoms with E-state index >= 15 is 0 Å². The first-order valence-electron chi connectivity index (χ1n) is 8.67. The van der Waals surface area contributed by atoms with Gasteiger partial charge in [-0.05, 0) is 31.5 Å². The molecule has 0 fully saturated rings. The van der Waals surface area contributed by atoms with Crippen LogP contribution in [0.1, 0.15) is 36.6 Å². The highest BCUT2D eigenvalue weighted by atomic mass is 15.2. The monoisotopic (exact) mass is 324 g/mol. The molecule has 0 aliphatic heterocycles. The zero-order valence-electron chi connectivity index (χ0n) is 14.9. The molecule has 4 nitrogen and oxygen atoms in total. The van der Waals surface area contributed by atoms with Gasteiger partial charge in [-0.25, -0.2) is 0 Å². The van der Waals surface area contributed by atoms with Gasteiger partial charge < -0.3 is 10.6 Å². The van der Waals surface area contributed by atoms with Crippen molar-refractivity contribution in [1.29, 1.82) is 0 Å². The fraction of sp³-hybridized carbons (Fsp3) is 0.400. The zero-order chi connectivity index (χ0) is 17.2. The van der Waals surface area contributed by atoms with Crippen molar-refractivity contribution in [3.8, 4) is 0 Å². The van der Waals surface area contributed by atoms with Crippen LogP contribution in [0.25, 0.3) is 0 Å². The molecule has 1 atom stereocenters. The van der Waals surface area contributed by atoms with Gasteiger partial charge in [-0.15, -0.1) is 0 Å². The molecule has 0 saturated heterocycles. The SMILES string of the molecule is CCNC(=NCC(C)c1cccc(C)c1)NCCc1ccccn1. The van der Waals surface area contributed by atoms with Crippen molar-refractivity contribution in [3.63, 3.8) is 0 Å². The van der Waals surface area contributed by atoms with E-state index in [0.29, 0.717) is 5.92 Å². The maximum Gasteiger partial charge on any atom is 0.191 e. The topological polar surface area (TPSA) is 49.3 Å². The van der Waals surface area contributed by atoms with Crippen molar-refractivity contribution in [1.82, 2.24) is 15.6 Å². The van der Waals surface area contributed by atoms with Crippen molar-refractivity contribution in [2.75, 3.05) is 19.6 Å². The van der Waals surface area contributed by atoms with Crippen LogP contribution in [-0.2, 0) is 6.42 Å². The van der Waals surface area contributed by atoms with Crippen molar-refractivity contribution >= 4 is 5.96 Å². The lowest BCUT2D eigenvalue weighted by Gasteiger charge is -2.14. The maximum atomic E-state index is 4.72. The summed E-state index contributed by atoms with van der Waals surface area (Å²) in [7, 11) is 0. The predicted octanol–water partition coefficient (Wildman–Crippen LogP) is 3.29. The third kappa shape index (κ3) is 6.03. The molecule has 128 valence electrons. The Morgan fingerprint density at radius 2 is 2.04 bits per heavy atom. The maximum absolute atomic E-state index is 4.72. The molecule has 0 radical (unpaired) electrons. The molecule has 2 aromatic rings. The van der Waals surface area contributed by atoms with Gasteiger partial charge in [0.1, 0.15) is 0 Å². The van der Waals surface area contributed by atoms with Gasteiger partial charge in [-0.1, -0.05) is 42.8 Å². The molecule has 0 spiro atoms. The summed E-state index contributed by atoms with van der Waals surface area (Å²) in [5.74, 6) is 1.27. The van der Waals surface area contributed by atoms with Gasteiger partial charge in [-0.2, -0.15) is 0 Å². The molecule has 0 amide bonds. The number of aliphatic imine (C=N–C) groups is 1. The Kier molecular flexibility index (Phi) is 7.27. The van der Waals surface area contributed by atoms with Crippen LogP contribution in [0.2, 0.25) is 0 Å². The van der Waals surface area contributed by atoms with Crippen LogP contribution < -0.4 is 10.6 Å². The number of nitrogens with zero attached hydrogens (tertiary/aromatic N) is 2. The third-order valence-electron chi connectivity index (χ3n) is 3.88. The number of hydrogen-bond acceptors (Lipinski definition) is 2. The van der Waals surface area contributed by atoms with Gasteiger partial charge in [0, 0.05) is 43.9 Å². The number of aryl methyl sites for hydroxylation is 1. The van der Waals surface area contributed by atoms with Crippen LogP contribution in [0.3, 0.4) is 0 Å². The average Bonchev–Trinajstić information content (AvgIpc) is 2.60. The van der Waals surface area contributed by atoms with E-state index in [1.165, 1.54) is 11.1 Å². The molecule has 0 aliphatic carbocycles. The Morgan fingerprint density at radius 1 is 1.17 bits per heavy atom. The van der Waals surface area contributed by atoms with E-state index in [9.17, 15) is 0 Å². The van der Waals surface area contributed by atoms with Gasteiger partial charge in [0.2, 0.25) is 0 Å². The summed E-state index contributed by atoms with van der Waals surface area (Å²) in [5.41, 5.74) is 3.72. The molecule has 1 unspecified atom stereocenters. The van der Waals surface area contributed by atoms with Crippen LogP contribution >= 0.6 is 0 Å². The van der Waals surface area contributed by atoms with Crippen LogP contribution in [0, 0.1) is 6.92 Å². The van der Waals surface area contributed by atoms with E-state index < -0.39 is 0 Å². The fourth-order valence-electron chi connectivity index (χ4n) is 2.51. The Hall–Kier alpha value is -2.36. The summed E-state index contributed by atoms with van der Waals surface area (Å²) in [6.07, 6.45) is 2.72. The number of hydrogen-bond donors (Lipinski definition) is 2. The molecule has 0 aliphatic rings. The molecule has 2 N–H and O–H groups in total. The molecular formula is C20H28N4. The summed E-state index contributed by atoms with van der Waals surface area (Å²) >= 11 is 0. The first-order chi connectivity index (χ1) is 11.7. The highest BCUT2D eigenvalue weighted by molar-refractivity contribution is 5.79. The van der Waals surface area contributed by atoms with Crippen molar-refractivity contribution in [2.45, 2.75) is 33.1 Å². The first kappa shape index (κ1) is 18.0. The molecule has 1 aromatic carbocycles. The molecular weight excluding hydrogens is 296 g/mol.